The van der Waals surface area contributed by atoms with Crippen LogP contribution in [0.25, 0.3) is 0 Å². The molecule has 1 aromatic carbocycles. The lowest BCUT2D eigenvalue weighted by molar-refractivity contribution is -0.143. The summed E-state index contributed by atoms with van der Waals surface area (Å²) in [6.07, 6.45) is 0.681. The highest BCUT2D eigenvalue weighted by Crippen LogP contribution is 2.53. The fourth-order valence-electron chi connectivity index (χ4n) is 4.71. The van der Waals surface area contributed by atoms with Crippen molar-refractivity contribution in [3.8, 4) is 0 Å². The molecule has 0 aliphatic carbocycles. The summed E-state index contributed by atoms with van der Waals surface area (Å²) >= 11 is 3.43. The number of amides is 3. The number of hydrogen-bond donors (Lipinski definition) is 3. The molecule has 3 aliphatic rings. The fraction of sp³-hybridized carbons (Fsp3) is 0.526. The Morgan fingerprint density at radius 1 is 1.30 bits per heavy atom. The number of unbranched alkanes of at least 4 members (excludes halogenated alkanes) is 1. The molecule has 4 rings (SSSR count). The summed E-state index contributed by atoms with van der Waals surface area (Å²) in [5.74, 6) is -2.61. The smallest absolute Gasteiger partial charge is 0.250 e. The van der Waals surface area contributed by atoms with Crippen LogP contribution in [-0.2, 0) is 19.9 Å². The molecule has 27 heavy (non-hydrogen) atoms. The third-order valence-corrected chi connectivity index (χ3v) is 6.45. The highest BCUT2D eigenvalue weighted by atomic mass is 79.9. The van der Waals surface area contributed by atoms with E-state index in [1.165, 1.54) is 4.90 Å². The van der Waals surface area contributed by atoms with E-state index in [0.717, 1.165) is 10.9 Å². The maximum atomic E-state index is 13.3. The van der Waals surface area contributed by atoms with Gasteiger partial charge in [-0.05, 0) is 31.5 Å². The third kappa shape index (κ3) is 2.43. The molecule has 144 valence electrons. The van der Waals surface area contributed by atoms with Crippen LogP contribution < -0.4 is 10.6 Å². The number of halogens is 1. The number of aliphatic hydroxyl groups is 1. The van der Waals surface area contributed by atoms with Crippen LogP contribution in [0.2, 0.25) is 0 Å². The number of imide groups is 1. The lowest BCUT2D eigenvalue weighted by Crippen LogP contribution is -2.54. The molecule has 5 atom stereocenters. The maximum absolute atomic E-state index is 13.3. The van der Waals surface area contributed by atoms with Crippen LogP contribution in [0.4, 0.5) is 5.69 Å². The third-order valence-electron chi connectivity index (χ3n) is 5.96. The second-order valence-corrected chi connectivity index (χ2v) is 8.46. The van der Waals surface area contributed by atoms with E-state index in [-0.39, 0.29) is 17.7 Å². The van der Waals surface area contributed by atoms with Crippen molar-refractivity contribution in [1.29, 1.82) is 0 Å². The van der Waals surface area contributed by atoms with Gasteiger partial charge in [-0.2, -0.15) is 0 Å². The van der Waals surface area contributed by atoms with Gasteiger partial charge in [-0.3, -0.25) is 24.6 Å². The molecule has 0 bridgehead atoms. The summed E-state index contributed by atoms with van der Waals surface area (Å²) in [5.41, 5.74) is -0.0921. The number of anilines is 1. The van der Waals surface area contributed by atoms with Gasteiger partial charge in [-0.15, -0.1) is 0 Å². The quantitative estimate of drug-likeness (QED) is 0.619. The van der Waals surface area contributed by atoms with Gasteiger partial charge in [0.05, 0.1) is 17.9 Å². The Labute approximate surface area is 165 Å². The van der Waals surface area contributed by atoms with Crippen molar-refractivity contribution in [3.63, 3.8) is 0 Å². The molecule has 2 fully saturated rings. The van der Waals surface area contributed by atoms with Gasteiger partial charge in [0.15, 0.2) is 0 Å². The first kappa shape index (κ1) is 18.6. The highest BCUT2D eigenvalue weighted by molar-refractivity contribution is 9.10. The molecule has 3 aliphatic heterocycles. The van der Waals surface area contributed by atoms with Gasteiger partial charge in [0.2, 0.25) is 17.7 Å². The maximum Gasteiger partial charge on any atom is 0.250 e. The molecule has 3 heterocycles. The van der Waals surface area contributed by atoms with Crippen LogP contribution in [-0.4, -0.2) is 46.4 Å². The minimum Gasteiger partial charge on any atom is -0.392 e. The second-order valence-electron chi connectivity index (χ2n) is 7.55. The molecule has 1 aromatic rings. The van der Waals surface area contributed by atoms with Crippen LogP contribution >= 0.6 is 15.9 Å². The van der Waals surface area contributed by atoms with E-state index >= 15 is 0 Å². The summed E-state index contributed by atoms with van der Waals surface area (Å²) < 4.78 is 0.774. The van der Waals surface area contributed by atoms with Crippen LogP contribution in [0, 0.1) is 11.8 Å². The Kier molecular flexibility index (Phi) is 4.40. The van der Waals surface area contributed by atoms with Crippen molar-refractivity contribution in [2.24, 2.45) is 11.8 Å². The van der Waals surface area contributed by atoms with E-state index in [9.17, 15) is 19.5 Å². The SMILES string of the molecule is CCCCN1C(=O)[C@@H]2[C@H]([C@H](C)O)N[C@@]3(C(=O)Nc4ccc(Br)cc43)[C@@H]2C1=O. The standard InChI is InChI=1S/C19H22BrN3O4/c1-3-4-7-23-16(25)13-14(17(23)26)19(22-15(13)9(2)24)11-8-10(20)5-6-12(11)21-18(19)27/h5-6,8-9,13-15,22,24H,3-4,7H2,1-2H3,(H,21,27)/t9-,13-,14-,15-,19+/m0/s1. The Bertz CT molecular complexity index is 842. The number of fused-ring (bicyclic) bond motifs is 4. The molecule has 1 spiro atoms. The number of aliphatic hydroxyl groups excluding tert-OH is 1. The molecule has 8 heteroatoms. The van der Waals surface area contributed by atoms with Crippen molar-refractivity contribution in [2.45, 2.75) is 44.4 Å². The van der Waals surface area contributed by atoms with Gasteiger partial charge < -0.3 is 10.4 Å². The average Bonchev–Trinajstić information content (AvgIpc) is 3.20. The van der Waals surface area contributed by atoms with Gasteiger partial charge in [0.1, 0.15) is 5.54 Å². The van der Waals surface area contributed by atoms with Crippen molar-refractivity contribution < 1.29 is 19.5 Å². The van der Waals surface area contributed by atoms with Crippen molar-refractivity contribution >= 4 is 39.3 Å². The molecule has 0 unspecified atom stereocenters. The molecule has 0 saturated carbocycles. The highest BCUT2D eigenvalue weighted by Gasteiger charge is 2.70. The van der Waals surface area contributed by atoms with Crippen molar-refractivity contribution in [3.05, 3.63) is 28.2 Å². The van der Waals surface area contributed by atoms with Gasteiger partial charge >= 0.3 is 0 Å². The zero-order valence-electron chi connectivity index (χ0n) is 15.2. The Morgan fingerprint density at radius 2 is 2.04 bits per heavy atom. The lowest BCUT2D eigenvalue weighted by atomic mass is 9.76. The molecule has 3 amide bonds. The predicted octanol–water partition coefficient (Wildman–Crippen LogP) is 1.35. The predicted molar refractivity (Wildman–Crippen MR) is 102 cm³/mol. The first-order chi connectivity index (χ1) is 12.8. The molecule has 2 saturated heterocycles. The minimum atomic E-state index is -1.35. The molecule has 0 aromatic heterocycles. The minimum absolute atomic E-state index is 0.301. The molecule has 3 N–H and O–H groups in total. The number of carbonyl (C=O) groups excluding carboxylic acids is 3. The van der Waals surface area contributed by atoms with E-state index < -0.39 is 29.5 Å². The van der Waals surface area contributed by atoms with Crippen molar-refractivity contribution in [1.82, 2.24) is 10.2 Å². The van der Waals surface area contributed by atoms with Crippen LogP contribution in [0.5, 0.6) is 0 Å². The van der Waals surface area contributed by atoms with E-state index in [0.29, 0.717) is 24.2 Å². The number of rotatable bonds is 4. The first-order valence-electron chi connectivity index (χ1n) is 9.25. The van der Waals surface area contributed by atoms with E-state index in [1.807, 2.05) is 13.0 Å². The van der Waals surface area contributed by atoms with Crippen LogP contribution in [0.3, 0.4) is 0 Å². The summed E-state index contributed by atoms with van der Waals surface area (Å²) in [7, 11) is 0. The largest absolute Gasteiger partial charge is 0.392 e. The Morgan fingerprint density at radius 3 is 2.70 bits per heavy atom. The van der Waals surface area contributed by atoms with E-state index in [2.05, 4.69) is 26.6 Å². The summed E-state index contributed by atoms with van der Waals surface area (Å²) in [6.45, 7) is 3.91. The van der Waals surface area contributed by atoms with Crippen molar-refractivity contribution in [2.75, 3.05) is 11.9 Å². The lowest BCUT2D eigenvalue weighted by Gasteiger charge is -2.30. The number of hydrogen-bond acceptors (Lipinski definition) is 5. The van der Waals surface area contributed by atoms with Gasteiger partial charge in [-0.1, -0.05) is 29.3 Å². The molecule has 0 radical (unpaired) electrons. The molecular weight excluding hydrogens is 414 g/mol. The summed E-state index contributed by atoms with van der Waals surface area (Å²) in [6, 6.07) is 4.71. The summed E-state index contributed by atoms with van der Waals surface area (Å²) in [5, 5.41) is 16.3. The van der Waals surface area contributed by atoms with E-state index in [4.69, 9.17) is 0 Å². The normalized spacial score (nSPS) is 32.8. The Balaban J connectivity index is 1.86. The van der Waals surface area contributed by atoms with E-state index in [1.54, 1.807) is 19.1 Å². The number of carbonyl (C=O) groups is 3. The monoisotopic (exact) mass is 435 g/mol. The first-order valence-corrected chi connectivity index (χ1v) is 10.0. The number of nitrogens with zero attached hydrogens (tertiary/aromatic N) is 1. The van der Waals surface area contributed by atoms with Gasteiger partial charge in [0.25, 0.3) is 0 Å². The number of nitrogens with one attached hydrogen (secondary N) is 2. The number of likely N-dealkylation sites (tertiary alicyclic amines) is 1. The Hall–Kier alpha value is -1.77. The molecule has 7 nitrogen and oxygen atoms in total. The molecular formula is C19H22BrN3O4. The van der Waals surface area contributed by atoms with Crippen LogP contribution in [0.15, 0.2) is 22.7 Å². The number of benzene rings is 1. The average molecular weight is 436 g/mol. The zero-order valence-corrected chi connectivity index (χ0v) is 16.7. The fourth-order valence-corrected chi connectivity index (χ4v) is 5.08. The van der Waals surface area contributed by atoms with Gasteiger partial charge in [-0.25, -0.2) is 0 Å². The topological polar surface area (TPSA) is 98.7 Å². The zero-order chi connectivity index (χ0) is 19.5. The van der Waals surface area contributed by atoms with Gasteiger partial charge in [0, 0.05) is 28.3 Å². The van der Waals surface area contributed by atoms with Crippen LogP contribution in [0.1, 0.15) is 32.3 Å². The summed E-state index contributed by atoms with van der Waals surface area (Å²) in [4.78, 5) is 40.7. The second kappa shape index (κ2) is 6.39.